The van der Waals surface area contributed by atoms with Crippen molar-refractivity contribution >= 4 is 23.4 Å². The molecule has 0 aliphatic heterocycles. The average molecular weight is 315 g/mol. The molecule has 0 radical (unpaired) electrons. The van der Waals surface area contributed by atoms with Gasteiger partial charge in [-0.2, -0.15) is 0 Å². The fraction of sp³-hybridized carbons (Fsp3) is 0.278. The summed E-state index contributed by atoms with van der Waals surface area (Å²) in [6.45, 7) is 6.10. The maximum atomic E-state index is 12.2. The number of hydrogen-bond donors (Lipinski definition) is 1. The maximum Gasteiger partial charge on any atom is 0.234 e. The largest absolute Gasteiger partial charge is 0.495 e. The van der Waals surface area contributed by atoms with Crippen LogP contribution in [0, 0.1) is 20.8 Å². The highest BCUT2D eigenvalue weighted by Crippen LogP contribution is 2.27. The predicted octanol–water partition coefficient (Wildman–Crippen LogP) is 4.35. The Morgan fingerprint density at radius 2 is 1.77 bits per heavy atom. The van der Waals surface area contributed by atoms with Gasteiger partial charge in [0, 0.05) is 4.90 Å². The molecule has 0 unspecified atom stereocenters. The summed E-state index contributed by atoms with van der Waals surface area (Å²) in [5.41, 5.74) is 4.19. The highest BCUT2D eigenvalue weighted by Gasteiger charge is 2.09. The molecule has 22 heavy (non-hydrogen) atoms. The van der Waals surface area contributed by atoms with Crippen LogP contribution < -0.4 is 10.1 Å². The number of nitrogens with one attached hydrogen (secondary N) is 1. The summed E-state index contributed by atoms with van der Waals surface area (Å²) >= 11 is 1.55. The summed E-state index contributed by atoms with van der Waals surface area (Å²) in [5.74, 6) is 1.02. The number of aryl methyl sites for hydroxylation is 3. The topological polar surface area (TPSA) is 38.3 Å². The predicted molar refractivity (Wildman–Crippen MR) is 93.0 cm³/mol. The van der Waals surface area contributed by atoms with Gasteiger partial charge in [0.15, 0.2) is 0 Å². The minimum atomic E-state index is -0.0326. The molecular weight excluding hydrogens is 294 g/mol. The third-order valence-electron chi connectivity index (χ3n) is 3.33. The first-order valence-electron chi connectivity index (χ1n) is 7.14. The van der Waals surface area contributed by atoms with E-state index < -0.39 is 0 Å². The molecule has 0 aliphatic carbocycles. The van der Waals surface area contributed by atoms with Gasteiger partial charge in [0.2, 0.25) is 5.91 Å². The van der Waals surface area contributed by atoms with Crippen molar-refractivity contribution in [2.45, 2.75) is 25.7 Å². The normalized spacial score (nSPS) is 10.4. The Hall–Kier alpha value is -1.94. The molecule has 0 fully saturated rings. The highest BCUT2D eigenvalue weighted by atomic mass is 32.2. The zero-order valence-electron chi connectivity index (χ0n) is 13.4. The molecule has 1 amide bonds. The lowest BCUT2D eigenvalue weighted by Gasteiger charge is -2.11. The van der Waals surface area contributed by atoms with Crippen LogP contribution in [0.3, 0.4) is 0 Å². The van der Waals surface area contributed by atoms with Crippen LogP contribution in [0.1, 0.15) is 16.7 Å². The molecule has 0 saturated carbocycles. The van der Waals surface area contributed by atoms with Crippen molar-refractivity contribution in [2.75, 3.05) is 18.2 Å². The van der Waals surface area contributed by atoms with Crippen molar-refractivity contribution in [3.63, 3.8) is 0 Å². The number of methoxy groups -OCH3 is 1. The molecular formula is C18H21NO2S. The second kappa shape index (κ2) is 7.36. The number of ether oxygens (including phenoxy) is 1. The molecule has 0 heterocycles. The van der Waals surface area contributed by atoms with Crippen molar-refractivity contribution in [3.05, 3.63) is 53.1 Å². The monoisotopic (exact) mass is 315 g/mol. The molecule has 0 spiro atoms. The molecule has 0 aliphatic rings. The van der Waals surface area contributed by atoms with Gasteiger partial charge in [-0.1, -0.05) is 23.8 Å². The van der Waals surface area contributed by atoms with Crippen LogP contribution in [0.15, 0.2) is 41.3 Å². The summed E-state index contributed by atoms with van der Waals surface area (Å²) < 4.78 is 5.28. The number of carbonyl (C=O) groups excluding carboxylic acids is 1. The first-order chi connectivity index (χ1) is 10.5. The maximum absolute atomic E-state index is 12.2. The minimum Gasteiger partial charge on any atom is -0.495 e. The number of anilines is 1. The van der Waals surface area contributed by atoms with Crippen molar-refractivity contribution in [1.29, 1.82) is 0 Å². The van der Waals surface area contributed by atoms with Gasteiger partial charge in [-0.05, 0) is 50.1 Å². The van der Waals surface area contributed by atoms with Crippen LogP contribution >= 0.6 is 11.8 Å². The van der Waals surface area contributed by atoms with Gasteiger partial charge < -0.3 is 10.1 Å². The zero-order valence-corrected chi connectivity index (χ0v) is 14.2. The fourth-order valence-electron chi connectivity index (χ4n) is 2.11. The van der Waals surface area contributed by atoms with E-state index in [9.17, 15) is 4.79 Å². The van der Waals surface area contributed by atoms with Crippen molar-refractivity contribution < 1.29 is 9.53 Å². The number of amides is 1. The zero-order chi connectivity index (χ0) is 16.1. The van der Waals surface area contributed by atoms with Crippen molar-refractivity contribution in [2.24, 2.45) is 0 Å². The van der Waals surface area contributed by atoms with E-state index in [4.69, 9.17) is 4.74 Å². The van der Waals surface area contributed by atoms with E-state index in [1.54, 1.807) is 18.9 Å². The Morgan fingerprint density at radius 1 is 1.09 bits per heavy atom. The van der Waals surface area contributed by atoms with Gasteiger partial charge in [-0.15, -0.1) is 11.8 Å². The third kappa shape index (κ3) is 4.28. The van der Waals surface area contributed by atoms with Gasteiger partial charge in [-0.25, -0.2) is 0 Å². The molecule has 2 aromatic carbocycles. The lowest BCUT2D eigenvalue weighted by atomic mass is 10.2. The van der Waals surface area contributed by atoms with E-state index in [2.05, 4.69) is 37.4 Å². The first-order valence-corrected chi connectivity index (χ1v) is 8.12. The summed E-state index contributed by atoms with van der Waals surface area (Å²) in [5, 5.41) is 2.92. The lowest BCUT2D eigenvalue weighted by molar-refractivity contribution is -0.113. The number of carbonyl (C=O) groups is 1. The molecule has 4 heteroatoms. The van der Waals surface area contributed by atoms with Crippen LogP contribution in [-0.2, 0) is 4.79 Å². The van der Waals surface area contributed by atoms with E-state index in [1.165, 1.54) is 11.1 Å². The molecule has 0 aromatic heterocycles. The van der Waals surface area contributed by atoms with Gasteiger partial charge >= 0.3 is 0 Å². The smallest absolute Gasteiger partial charge is 0.234 e. The van der Waals surface area contributed by atoms with Crippen LogP contribution in [0.2, 0.25) is 0 Å². The second-order valence-electron chi connectivity index (χ2n) is 5.31. The Morgan fingerprint density at radius 3 is 2.50 bits per heavy atom. The fourth-order valence-corrected chi connectivity index (χ4v) is 3.04. The van der Waals surface area contributed by atoms with Gasteiger partial charge in [0.25, 0.3) is 0 Å². The summed E-state index contributed by atoms with van der Waals surface area (Å²) in [7, 11) is 1.60. The van der Waals surface area contributed by atoms with Gasteiger partial charge in [0.05, 0.1) is 18.6 Å². The highest BCUT2D eigenvalue weighted by molar-refractivity contribution is 8.00. The first kappa shape index (κ1) is 16.4. The van der Waals surface area contributed by atoms with E-state index >= 15 is 0 Å². The third-order valence-corrected chi connectivity index (χ3v) is 4.49. The Labute approximate surface area is 136 Å². The summed E-state index contributed by atoms with van der Waals surface area (Å²) in [6, 6.07) is 12.0. The van der Waals surface area contributed by atoms with Crippen LogP contribution in [0.4, 0.5) is 5.69 Å². The second-order valence-corrected chi connectivity index (χ2v) is 6.33. The van der Waals surface area contributed by atoms with E-state index in [1.807, 2.05) is 25.1 Å². The molecule has 0 bridgehead atoms. The Balaban J connectivity index is 2.01. The number of benzene rings is 2. The molecule has 116 valence electrons. The average Bonchev–Trinajstić information content (AvgIpc) is 2.48. The summed E-state index contributed by atoms with van der Waals surface area (Å²) in [6.07, 6.45) is 0. The van der Waals surface area contributed by atoms with E-state index in [-0.39, 0.29) is 5.91 Å². The van der Waals surface area contributed by atoms with Gasteiger partial charge in [0.1, 0.15) is 5.75 Å². The molecule has 0 atom stereocenters. The van der Waals surface area contributed by atoms with Gasteiger partial charge in [-0.3, -0.25) is 4.79 Å². The van der Waals surface area contributed by atoms with Crippen LogP contribution in [0.25, 0.3) is 0 Å². The van der Waals surface area contributed by atoms with Crippen molar-refractivity contribution in [3.8, 4) is 5.75 Å². The van der Waals surface area contributed by atoms with Crippen LogP contribution in [-0.4, -0.2) is 18.8 Å². The SMILES string of the molecule is COc1ccc(C)cc1NC(=O)CSc1cc(C)ccc1C. The summed E-state index contributed by atoms with van der Waals surface area (Å²) in [4.78, 5) is 13.3. The van der Waals surface area contributed by atoms with E-state index in [0.29, 0.717) is 17.2 Å². The number of thioether (sulfide) groups is 1. The Bertz CT molecular complexity index is 683. The number of rotatable bonds is 5. The standard InChI is InChI=1S/C18H21NO2S/c1-12-6-8-16(21-4)15(9-12)19-18(20)11-22-17-10-13(2)5-7-14(17)3/h5-10H,11H2,1-4H3,(H,19,20). The lowest BCUT2D eigenvalue weighted by Crippen LogP contribution is -2.15. The van der Waals surface area contributed by atoms with Crippen molar-refractivity contribution in [1.82, 2.24) is 0 Å². The molecule has 3 nitrogen and oxygen atoms in total. The molecule has 0 saturated heterocycles. The van der Waals surface area contributed by atoms with E-state index in [0.717, 1.165) is 10.5 Å². The van der Waals surface area contributed by atoms with Crippen LogP contribution in [0.5, 0.6) is 5.75 Å². The quantitative estimate of drug-likeness (QED) is 0.834. The molecule has 1 N–H and O–H groups in total. The minimum absolute atomic E-state index is 0.0326. The Kier molecular flexibility index (Phi) is 5.50. The number of hydrogen-bond acceptors (Lipinski definition) is 3. The molecule has 2 rings (SSSR count). The molecule has 2 aromatic rings.